The Bertz CT molecular complexity index is 962. The molecule has 0 atom stereocenters. The van der Waals surface area contributed by atoms with Crippen LogP contribution in [0, 0.1) is 10.1 Å². The fourth-order valence-electron chi connectivity index (χ4n) is 2.94. The third-order valence-electron chi connectivity index (χ3n) is 4.12. The highest BCUT2D eigenvalue weighted by Crippen LogP contribution is 2.29. The zero-order valence-electron chi connectivity index (χ0n) is 13.2. The maximum Gasteiger partial charge on any atom is 0.270 e. The number of aliphatic hydroxyl groups is 1. The Balaban J connectivity index is 1.76. The third kappa shape index (κ3) is 2.65. The lowest BCUT2D eigenvalue weighted by Gasteiger charge is -2.25. The number of nitrogens with zero attached hydrogens (tertiary/aromatic N) is 4. The summed E-state index contributed by atoms with van der Waals surface area (Å²) in [5, 5.41) is 21.3. The van der Waals surface area contributed by atoms with Gasteiger partial charge in [-0.2, -0.15) is 0 Å². The van der Waals surface area contributed by atoms with Crippen LogP contribution in [0.3, 0.4) is 0 Å². The van der Waals surface area contributed by atoms with Crippen molar-refractivity contribution in [2.24, 2.45) is 9.98 Å². The fourth-order valence-corrected chi connectivity index (χ4v) is 2.94. The Hall–Kier alpha value is -3.48. The predicted molar refractivity (Wildman–Crippen MR) is 95.3 cm³/mol. The summed E-state index contributed by atoms with van der Waals surface area (Å²) in [4.78, 5) is 21.5. The Kier molecular flexibility index (Phi) is 3.53. The summed E-state index contributed by atoms with van der Waals surface area (Å²) in [6.45, 7) is 1.34. The van der Waals surface area contributed by atoms with Crippen molar-refractivity contribution in [1.29, 1.82) is 0 Å². The van der Waals surface area contributed by atoms with Crippen molar-refractivity contribution in [3.63, 3.8) is 0 Å². The van der Waals surface area contributed by atoms with Gasteiger partial charge in [-0.1, -0.05) is 24.3 Å². The number of benzene rings is 2. The minimum absolute atomic E-state index is 0.0724. The van der Waals surface area contributed by atoms with E-state index in [1.54, 1.807) is 6.07 Å². The second kappa shape index (κ2) is 5.86. The van der Waals surface area contributed by atoms with Gasteiger partial charge in [-0.25, -0.2) is 4.99 Å². The average Bonchev–Trinajstić information content (AvgIpc) is 3.12. The van der Waals surface area contributed by atoms with Crippen LogP contribution in [0.25, 0.3) is 5.76 Å². The lowest BCUT2D eigenvalue weighted by molar-refractivity contribution is -0.384. The monoisotopic (exact) mass is 334 g/mol. The minimum atomic E-state index is -0.490. The molecular weight excluding hydrogens is 320 g/mol. The van der Waals surface area contributed by atoms with Crippen molar-refractivity contribution in [3.8, 4) is 0 Å². The summed E-state index contributed by atoms with van der Waals surface area (Å²) in [6.07, 6.45) is 1.52. The van der Waals surface area contributed by atoms with Gasteiger partial charge in [-0.3, -0.25) is 15.1 Å². The van der Waals surface area contributed by atoms with E-state index < -0.39 is 4.92 Å². The van der Waals surface area contributed by atoms with Gasteiger partial charge in [0.2, 0.25) is 0 Å². The number of hydrogen-bond acceptors (Lipinski definition) is 6. The van der Waals surface area contributed by atoms with Crippen LogP contribution in [0.1, 0.15) is 11.1 Å². The largest absolute Gasteiger partial charge is 0.507 e. The normalized spacial score (nSPS) is 16.0. The molecule has 0 saturated heterocycles. The Morgan fingerprint density at radius 1 is 1.24 bits per heavy atom. The van der Waals surface area contributed by atoms with Crippen LogP contribution in [0.15, 0.2) is 64.6 Å². The summed E-state index contributed by atoms with van der Waals surface area (Å²) in [6, 6.07) is 13.6. The van der Waals surface area contributed by atoms with Gasteiger partial charge in [0.05, 0.1) is 17.2 Å². The van der Waals surface area contributed by atoms with E-state index in [9.17, 15) is 15.2 Å². The molecule has 0 aliphatic carbocycles. The van der Waals surface area contributed by atoms with Crippen LogP contribution in [-0.4, -0.2) is 39.7 Å². The van der Waals surface area contributed by atoms with Crippen LogP contribution < -0.4 is 0 Å². The molecule has 2 aliphatic heterocycles. The van der Waals surface area contributed by atoms with Crippen molar-refractivity contribution in [1.82, 2.24) is 4.90 Å². The van der Waals surface area contributed by atoms with Crippen molar-refractivity contribution in [2.45, 2.75) is 0 Å². The predicted octanol–water partition coefficient (Wildman–Crippen LogP) is 3.30. The molecular formula is C18H14N4O3. The highest BCUT2D eigenvalue weighted by Gasteiger charge is 2.28. The van der Waals surface area contributed by atoms with Crippen molar-refractivity contribution < 1.29 is 10.0 Å². The van der Waals surface area contributed by atoms with E-state index in [0.29, 0.717) is 24.5 Å². The number of non-ortho nitro benzene ring substituents is 1. The zero-order valence-corrected chi connectivity index (χ0v) is 13.2. The number of aliphatic hydroxyl groups excluding tert-OH is 1. The number of aliphatic imine (C=N–C) groups is 2. The second-order valence-electron chi connectivity index (χ2n) is 5.68. The topological polar surface area (TPSA) is 91.3 Å². The number of rotatable bonds is 3. The smallest absolute Gasteiger partial charge is 0.270 e. The van der Waals surface area contributed by atoms with Crippen molar-refractivity contribution >= 4 is 28.8 Å². The number of nitro groups is 1. The third-order valence-corrected chi connectivity index (χ3v) is 4.12. The molecule has 7 nitrogen and oxygen atoms in total. The average molecular weight is 334 g/mol. The van der Waals surface area contributed by atoms with Gasteiger partial charge in [0.25, 0.3) is 5.69 Å². The maximum absolute atomic E-state index is 10.9. The highest BCUT2D eigenvalue weighted by molar-refractivity contribution is 6.19. The first-order chi connectivity index (χ1) is 12.1. The Morgan fingerprint density at radius 3 is 2.92 bits per heavy atom. The minimum Gasteiger partial charge on any atom is -0.507 e. The number of hydrogen-bond donors (Lipinski definition) is 1. The summed E-state index contributed by atoms with van der Waals surface area (Å²) in [7, 11) is 0. The lowest BCUT2D eigenvalue weighted by atomic mass is 10.1. The summed E-state index contributed by atoms with van der Waals surface area (Å²) < 4.78 is 0. The van der Waals surface area contributed by atoms with Gasteiger partial charge < -0.3 is 10.0 Å². The van der Waals surface area contributed by atoms with Crippen molar-refractivity contribution in [3.05, 3.63) is 75.8 Å². The van der Waals surface area contributed by atoms with Crippen molar-refractivity contribution in [2.75, 3.05) is 13.1 Å². The summed E-state index contributed by atoms with van der Waals surface area (Å²) in [5.74, 6) is 1.33. The van der Waals surface area contributed by atoms with Gasteiger partial charge in [-0.15, -0.1) is 0 Å². The van der Waals surface area contributed by atoms with Gasteiger partial charge in [0, 0.05) is 35.9 Å². The summed E-state index contributed by atoms with van der Waals surface area (Å²) in [5.41, 5.74) is 2.05. The Labute approximate surface area is 143 Å². The molecule has 25 heavy (non-hydrogen) atoms. The van der Waals surface area contributed by atoms with E-state index in [1.807, 2.05) is 29.2 Å². The molecule has 0 amide bonds. The number of amidine groups is 2. The molecule has 0 unspecified atom stereocenters. The van der Waals surface area contributed by atoms with Gasteiger partial charge >= 0.3 is 0 Å². The van der Waals surface area contributed by atoms with Crippen LogP contribution in [-0.2, 0) is 0 Å². The molecule has 7 heteroatoms. The van der Waals surface area contributed by atoms with E-state index >= 15 is 0 Å². The Morgan fingerprint density at radius 2 is 2.08 bits per heavy atom. The molecule has 2 aromatic rings. The first-order valence-corrected chi connectivity index (χ1v) is 7.79. The van der Waals surface area contributed by atoms with Crippen LogP contribution >= 0.6 is 0 Å². The molecule has 0 spiro atoms. The standard InChI is InChI=1S/C18H14N4O3/c23-16(12-4-3-5-13(10-12)22(24)25)11-17-20-15-7-2-1-6-14(15)18-19-8-9-21(17)18/h1-7,10-11,23H,8-9H2/b16-11-. The summed E-state index contributed by atoms with van der Waals surface area (Å²) >= 11 is 0. The fraction of sp³-hybridized carbons (Fsp3) is 0.111. The number of para-hydroxylation sites is 1. The molecule has 0 fully saturated rings. The van der Waals surface area contributed by atoms with Gasteiger partial charge in [-0.05, 0) is 12.1 Å². The SMILES string of the molecule is O=[N+]([O-])c1cccc(/C(O)=C/C2=Nc3ccccc3C3=NCCN23)c1. The molecule has 0 radical (unpaired) electrons. The van der Waals surface area contributed by atoms with E-state index in [1.165, 1.54) is 24.3 Å². The molecule has 1 N–H and O–H groups in total. The maximum atomic E-state index is 10.9. The van der Waals surface area contributed by atoms with Crippen LogP contribution in [0.4, 0.5) is 11.4 Å². The molecule has 2 aromatic carbocycles. The molecule has 4 rings (SSSR count). The molecule has 0 bridgehead atoms. The van der Waals surface area contributed by atoms with E-state index in [-0.39, 0.29) is 11.4 Å². The first kappa shape index (κ1) is 15.1. The zero-order chi connectivity index (χ0) is 17.4. The van der Waals surface area contributed by atoms with Gasteiger partial charge in [0.1, 0.15) is 17.4 Å². The first-order valence-electron chi connectivity index (χ1n) is 7.79. The molecule has 0 aromatic heterocycles. The quantitative estimate of drug-likeness (QED) is 0.529. The molecule has 2 aliphatic rings. The highest BCUT2D eigenvalue weighted by atomic mass is 16.6. The van der Waals surface area contributed by atoms with E-state index in [4.69, 9.17) is 0 Å². The van der Waals surface area contributed by atoms with Crippen LogP contribution in [0.2, 0.25) is 0 Å². The number of nitro benzene ring substituents is 1. The second-order valence-corrected chi connectivity index (χ2v) is 5.68. The lowest BCUT2D eigenvalue weighted by Crippen LogP contribution is -2.36. The van der Waals surface area contributed by atoms with Gasteiger partial charge in [0.15, 0.2) is 0 Å². The van der Waals surface area contributed by atoms with E-state index in [2.05, 4.69) is 9.98 Å². The molecule has 124 valence electrons. The molecule has 2 heterocycles. The number of fused-ring (bicyclic) bond motifs is 3. The molecule has 0 saturated carbocycles. The van der Waals surface area contributed by atoms with E-state index in [0.717, 1.165) is 17.1 Å². The van der Waals surface area contributed by atoms with Crippen LogP contribution in [0.5, 0.6) is 0 Å².